The van der Waals surface area contributed by atoms with Crippen LogP contribution in [0.15, 0.2) is 0 Å². The average Bonchev–Trinajstić information content (AvgIpc) is 2.46. The Labute approximate surface area is 98.2 Å². The van der Waals surface area contributed by atoms with E-state index in [0.29, 0.717) is 0 Å². The van der Waals surface area contributed by atoms with Crippen molar-refractivity contribution in [3.05, 3.63) is 0 Å². The molecule has 3 heteroatoms. The van der Waals surface area contributed by atoms with Crippen molar-refractivity contribution in [2.75, 3.05) is 37.7 Å². The molecule has 0 aliphatic carbocycles. The van der Waals surface area contributed by atoms with Crippen LogP contribution in [0.5, 0.6) is 0 Å². The molecular formula is C12H24N2S. The van der Waals surface area contributed by atoms with Crippen LogP contribution in [0.25, 0.3) is 0 Å². The van der Waals surface area contributed by atoms with Crippen molar-refractivity contribution in [1.82, 2.24) is 10.2 Å². The van der Waals surface area contributed by atoms with Crippen LogP contribution in [0, 0.1) is 5.92 Å². The predicted molar refractivity (Wildman–Crippen MR) is 68.6 cm³/mol. The monoisotopic (exact) mass is 228 g/mol. The Bertz CT molecular complexity index is 178. The fraction of sp³-hybridized carbons (Fsp3) is 1.00. The third kappa shape index (κ3) is 3.97. The van der Waals surface area contributed by atoms with Crippen molar-refractivity contribution < 1.29 is 0 Å². The third-order valence-corrected chi connectivity index (χ3v) is 4.60. The average molecular weight is 228 g/mol. The van der Waals surface area contributed by atoms with Crippen molar-refractivity contribution in [3.63, 3.8) is 0 Å². The lowest BCUT2D eigenvalue weighted by molar-refractivity contribution is 0.216. The quantitative estimate of drug-likeness (QED) is 0.776. The second-order valence-corrected chi connectivity index (χ2v) is 6.27. The van der Waals surface area contributed by atoms with Gasteiger partial charge in [-0.2, -0.15) is 11.8 Å². The molecule has 1 N–H and O–H groups in total. The lowest BCUT2D eigenvalue weighted by atomic mass is 9.94. The molecule has 88 valence electrons. The number of nitrogens with zero attached hydrogens (tertiary/aromatic N) is 1. The number of hydrogen-bond acceptors (Lipinski definition) is 3. The number of hydrogen-bond donors (Lipinski definition) is 1. The SMILES string of the molecule is CC1CCNC(CN2CCCSCC2)C1. The Morgan fingerprint density at radius 2 is 2.27 bits per heavy atom. The summed E-state index contributed by atoms with van der Waals surface area (Å²) in [6, 6.07) is 0.761. The first kappa shape index (κ1) is 11.7. The predicted octanol–water partition coefficient (Wildman–Crippen LogP) is 1.81. The second-order valence-electron chi connectivity index (χ2n) is 5.05. The minimum Gasteiger partial charge on any atom is -0.313 e. The molecule has 2 aliphatic rings. The molecule has 0 aromatic carbocycles. The summed E-state index contributed by atoms with van der Waals surface area (Å²) in [7, 11) is 0. The maximum atomic E-state index is 3.67. The van der Waals surface area contributed by atoms with Gasteiger partial charge in [0.15, 0.2) is 0 Å². The standard InChI is InChI=1S/C12H24N2S/c1-11-3-4-13-12(9-11)10-14-5-2-7-15-8-6-14/h11-13H,2-10H2,1H3. The third-order valence-electron chi connectivity index (χ3n) is 3.55. The number of thioether (sulfide) groups is 1. The highest BCUT2D eigenvalue weighted by Gasteiger charge is 2.20. The van der Waals surface area contributed by atoms with E-state index < -0.39 is 0 Å². The van der Waals surface area contributed by atoms with Gasteiger partial charge in [0.25, 0.3) is 0 Å². The Balaban J connectivity index is 1.74. The van der Waals surface area contributed by atoms with Gasteiger partial charge in [-0.1, -0.05) is 6.92 Å². The van der Waals surface area contributed by atoms with Crippen LogP contribution in [0.4, 0.5) is 0 Å². The Morgan fingerprint density at radius 3 is 3.13 bits per heavy atom. The fourth-order valence-electron chi connectivity index (χ4n) is 2.65. The van der Waals surface area contributed by atoms with E-state index in [1.165, 1.54) is 56.9 Å². The molecule has 2 rings (SSSR count). The van der Waals surface area contributed by atoms with Crippen molar-refractivity contribution in [1.29, 1.82) is 0 Å². The van der Waals surface area contributed by atoms with Gasteiger partial charge >= 0.3 is 0 Å². The lowest BCUT2D eigenvalue weighted by Gasteiger charge is -2.32. The molecule has 2 atom stereocenters. The second kappa shape index (κ2) is 6.12. The Hall–Kier alpha value is 0.270. The molecule has 2 heterocycles. The molecule has 0 saturated carbocycles. The topological polar surface area (TPSA) is 15.3 Å². The molecule has 2 aliphatic heterocycles. The molecule has 0 spiro atoms. The van der Waals surface area contributed by atoms with Crippen LogP contribution in [-0.4, -0.2) is 48.6 Å². The van der Waals surface area contributed by atoms with Gasteiger partial charge in [-0.3, -0.25) is 0 Å². The highest BCUT2D eigenvalue weighted by atomic mass is 32.2. The van der Waals surface area contributed by atoms with Gasteiger partial charge in [0.1, 0.15) is 0 Å². The summed E-state index contributed by atoms with van der Waals surface area (Å²) >= 11 is 2.12. The van der Waals surface area contributed by atoms with Crippen LogP contribution in [-0.2, 0) is 0 Å². The zero-order valence-electron chi connectivity index (χ0n) is 9.87. The maximum Gasteiger partial charge on any atom is 0.0197 e. The molecule has 2 nitrogen and oxygen atoms in total. The number of piperidine rings is 1. The Kier molecular flexibility index (Phi) is 4.79. The van der Waals surface area contributed by atoms with Crippen molar-refractivity contribution in [2.45, 2.75) is 32.2 Å². The lowest BCUT2D eigenvalue weighted by Crippen LogP contribution is -2.46. The first-order valence-corrected chi connectivity index (χ1v) is 7.53. The highest BCUT2D eigenvalue weighted by Crippen LogP contribution is 2.17. The molecule has 2 unspecified atom stereocenters. The summed E-state index contributed by atoms with van der Waals surface area (Å²) in [4.78, 5) is 2.66. The van der Waals surface area contributed by atoms with Crippen molar-refractivity contribution >= 4 is 11.8 Å². The molecular weight excluding hydrogens is 204 g/mol. The van der Waals surface area contributed by atoms with Gasteiger partial charge in [0, 0.05) is 24.9 Å². The van der Waals surface area contributed by atoms with Crippen LogP contribution < -0.4 is 5.32 Å². The summed E-state index contributed by atoms with van der Waals surface area (Å²) in [6.45, 7) is 7.53. The van der Waals surface area contributed by atoms with Gasteiger partial charge in [-0.25, -0.2) is 0 Å². The van der Waals surface area contributed by atoms with E-state index in [4.69, 9.17) is 0 Å². The highest BCUT2D eigenvalue weighted by molar-refractivity contribution is 7.99. The smallest absolute Gasteiger partial charge is 0.0197 e. The molecule has 2 saturated heterocycles. The van der Waals surface area contributed by atoms with Crippen LogP contribution in [0.1, 0.15) is 26.2 Å². The minimum atomic E-state index is 0.761. The van der Waals surface area contributed by atoms with Crippen molar-refractivity contribution in [3.8, 4) is 0 Å². The van der Waals surface area contributed by atoms with Crippen LogP contribution in [0.2, 0.25) is 0 Å². The van der Waals surface area contributed by atoms with Gasteiger partial charge < -0.3 is 10.2 Å². The van der Waals surface area contributed by atoms with Gasteiger partial charge in [0.05, 0.1) is 0 Å². The van der Waals surface area contributed by atoms with Gasteiger partial charge in [-0.05, 0) is 44.0 Å². The molecule has 0 aromatic rings. The molecule has 0 amide bonds. The first-order chi connectivity index (χ1) is 7.34. The summed E-state index contributed by atoms with van der Waals surface area (Å²) < 4.78 is 0. The number of rotatable bonds is 2. The van der Waals surface area contributed by atoms with E-state index in [1.54, 1.807) is 0 Å². The van der Waals surface area contributed by atoms with Crippen molar-refractivity contribution in [2.24, 2.45) is 5.92 Å². The molecule has 0 aromatic heterocycles. The maximum absolute atomic E-state index is 3.67. The fourth-order valence-corrected chi connectivity index (χ4v) is 3.58. The summed E-state index contributed by atoms with van der Waals surface area (Å²) in [6.07, 6.45) is 4.13. The summed E-state index contributed by atoms with van der Waals surface area (Å²) in [5, 5.41) is 3.67. The Morgan fingerprint density at radius 1 is 1.33 bits per heavy atom. The van der Waals surface area contributed by atoms with E-state index in [0.717, 1.165) is 12.0 Å². The zero-order valence-corrected chi connectivity index (χ0v) is 10.7. The summed E-state index contributed by atoms with van der Waals surface area (Å²) in [5.41, 5.74) is 0. The van der Waals surface area contributed by atoms with E-state index in [1.807, 2.05) is 0 Å². The van der Waals surface area contributed by atoms with Crippen LogP contribution >= 0.6 is 11.8 Å². The summed E-state index contributed by atoms with van der Waals surface area (Å²) in [5.74, 6) is 3.63. The van der Waals surface area contributed by atoms with E-state index >= 15 is 0 Å². The normalized spacial score (nSPS) is 35.0. The molecule has 0 radical (unpaired) electrons. The zero-order chi connectivity index (χ0) is 10.5. The largest absolute Gasteiger partial charge is 0.313 e. The van der Waals surface area contributed by atoms with Crippen LogP contribution in [0.3, 0.4) is 0 Å². The first-order valence-electron chi connectivity index (χ1n) is 6.38. The molecule has 15 heavy (non-hydrogen) atoms. The van der Waals surface area contributed by atoms with E-state index in [2.05, 4.69) is 28.9 Å². The van der Waals surface area contributed by atoms with E-state index in [-0.39, 0.29) is 0 Å². The van der Waals surface area contributed by atoms with Gasteiger partial charge in [0.2, 0.25) is 0 Å². The molecule has 0 bridgehead atoms. The van der Waals surface area contributed by atoms with E-state index in [9.17, 15) is 0 Å². The minimum absolute atomic E-state index is 0.761. The number of nitrogens with one attached hydrogen (secondary N) is 1. The van der Waals surface area contributed by atoms with Gasteiger partial charge in [-0.15, -0.1) is 0 Å². The molecule has 2 fully saturated rings.